The van der Waals surface area contributed by atoms with Crippen LogP contribution in [0.2, 0.25) is 0 Å². The number of nitrogens with one attached hydrogen (secondary N) is 8. The summed E-state index contributed by atoms with van der Waals surface area (Å²) in [6.45, 7) is 6.27. The van der Waals surface area contributed by atoms with Gasteiger partial charge in [-0.2, -0.15) is 0 Å². The maximum Gasteiger partial charge on any atom is 0.243 e. The highest BCUT2D eigenvalue weighted by molar-refractivity contribution is 5.96. The number of primary amides is 1. The second-order valence-corrected chi connectivity index (χ2v) is 16.0. The second-order valence-electron chi connectivity index (χ2n) is 16.0. The van der Waals surface area contributed by atoms with Crippen LogP contribution in [0.4, 0.5) is 0 Å². The summed E-state index contributed by atoms with van der Waals surface area (Å²) in [6, 6.07) is 2.04. The lowest BCUT2D eigenvalue weighted by molar-refractivity contribution is -0.317. The van der Waals surface area contributed by atoms with Crippen LogP contribution >= 0.6 is 0 Å². The number of unbranched alkanes of at least 4 members (excludes halogenated alkanes) is 1. The molecular formula is C40H66N10O13. The van der Waals surface area contributed by atoms with E-state index in [1.54, 1.807) is 30.3 Å². The van der Waals surface area contributed by atoms with Crippen molar-refractivity contribution >= 4 is 47.3 Å². The lowest BCUT2D eigenvalue weighted by Gasteiger charge is -2.41. The SMILES string of the molecule is CC(C)C[C@H](NC(=O)[C@H](Cc1ccccc1)NC(=O)[C@H](C)NC(=O)[C@H](C)NC(=O)[C@H](CCCCNC[C@@]1(O)OC[C@@H](O)[C@@H](O)[C@@H]1O)NC(=O)CNC(=O)CNC(=O)[C@H](C)N)C(N)=O. The van der Waals surface area contributed by atoms with Gasteiger partial charge in [-0.3, -0.25) is 38.4 Å². The number of nitrogens with two attached hydrogens (primary N) is 2. The molecule has 0 bridgehead atoms. The first kappa shape index (κ1) is 53.8. The molecule has 0 spiro atoms. The van der Waals surface area contributed by atoms with E-state index in [2.05, 4.69) is 42.5 Å². The zero-order valence-corrected chi connectivity index (χ0v) is 36.3. The van der Waals surface area contributed by atoms with Gasteiger partial charge in [0.25, 0.3) is 0 Å². The number of amides is 8. The van der Waals surface area contributed by atoms with Crippen LogP contribution in [-0.4, -0.2) is 161 Å². The van der Waals surface area contributed by atoms with E-state index in [0.29, 0.717) is 12.0 Å². The van der Waals surface area contributed by atoms with Crippen LogP contribution < -0.4 is 54.0 Å². The monoisotopic (exact) mass is 894 g/mol. The Morgan fingerprint density at radius 1 is 0.730 bits per heavy atom. The summed E-state index contributed by atoms with van der Waals surface area (Å²) in [6.07, 6.45) is -3.87. The average Bonchev–Trinajstić information content (AvgIpc) is 3.22. The van der Waals surface area contributed by atoms with Crippen LogP contribution in [0.5, 0.6) is 0 Å². The van der Waals surface area contributed by atoms with Crippen LogP contribution in [0.25, 0.3) is 0 Å². The lowest BCUT2D eigenvalue weighted by Crippen LogP contribution is -2.64. The summed E-state index contributed by atoms with van der Waals surface area (Å²) in [5.41, 5.74) is 11.7. The van der Waals surface area contributed by atoms with Crippen molar-refractivity contribution in [3.8, 4) is 0 Å². The van der Waals surface area contributed by atoms with Gasteiger partial charge in [-0.05, 0) is 64.5 Å². The van der Waals surface area contributed by atoms with E-state index < -0.39 is 127 Å². The van der Waals surface area contributed by atoms with Gasteiger partial charge in [0.15, 0.2) is 0 Å². The van der Waals surface area contributed by atoms with Crippen molar-refractivity contribution in [2.24, 2.45) is 17.4 Å². The molecule has 0 unspecified atom stereocenters. The molecule has 0 saturated carbocycles. The molecule has 1 aliphatic heterocycles. The predicted octanol–water partition coefficient (Wildman–Crippen LogP) is -5.63. The average molecular weight is 895 g/mol. The standard InChI is InChI=1S/C40H66N10O13/c1-21(2)15-27(34(42)56)49-39(61)28(16-25-11-7-6-8-12-25)50-37(59)24(5)46-36(58)23(4)47-38(60)26(48-31(53)18-44-30(52)17-45-35(57)22(3)41)13-9-10-14-43-20-40(62)33(55)32(54)29(51)19-63-40/h6-8,11-12,21-24,26-29,32-33,43,51,54-55,62H,9-10,13-20,41H2,1-5H3,(H2,42,56)(H,44,52)(H,45,57)(H,46,58)(H,47,60)(H,48,53)(H,49,61)(H,50,59)/t22-,23-,24-,26-,27-,28-,29+,32+,33-,40+/m0/s1. The van der Waals surface area contributed by atoms with Gasteiger partial charge >= 0.3 is 0 Å². The van der Waals surface area contributed by atoms with Gasteiger partial charge in [-0.15, -0.1) is 0 Å². The van der Waals surface area contributed by atoms with Crippen LogP contribution in [0.15, 0.2) is 30.3 Å². The number of hydrogen-bond donors (Lipinski definition) is 14. The zero-order chi connectivity index (χ0) is 47.4. The fourth-order valence-electron chi connectivity index (χ4n) is 6.13. The van der Waals surface area contributed by atoms with Crippen molar-refractivity contribution in [3.63, 3.8) is 0 Å². The molecule has 1 saturated heterocycles. The number of aliphatic hydroxyl groups excluding tert-OH is 3. The third kappa shape index (κ3) is 18.9. The first-order valence-corrected chi connectivity index (χ1v) is 20.8. The molecule has 8 amide bonds. The van der Waals surface area contributed by atoms with Gasteiger partial charge in [0, 0.05) is 6.42 Å². The largest absolute Gasteiger partial charge is 0.388 e. The molecule has 0 radical (unpaired) electrons. The van der Waals surface area contributed by atoms with Gasteiger partial charge in [0.05, 0.1) is 32.3 Å². The van der Waals surface area contributed by atoms with Crippen molar-refractivity contribution in [1.29, 1.82) is 0 Å². The van der Waals surface area contributed by atoms with E-state index in [-0.39, 0.29) is 44.7 Å². The summed E-state index contributed by atoms with van der Waals surface area (Å²) >= 11 is 0. The van der Waals surface area contributed by atoms with Gasteiger partial charge in [0.1, 0.15) is 48.5 Å². The lowest BCUT2D eigenvalue weighted by atomic mass is 9.97. The van der Waals surface area contributed by atoms with Crippen LogP contribution in [0, 0.1) is 5.92 Å². The summed E-state index contributed by atoms with van der Waals surface area (Å²) in [5.74, 6) is -7.98. The first-order valence-electron chi connectivity index (χ1n) is 20.8. The van der Waals surface area contributed by atoms with Crippen molar-refractivity contribution < 1.29 is 63.5 Å². The van der Waals surface area contributed by atoms with Crippen molar-refractivity contribution in [1.82, 2.24) is 42.5 Å². The molecule has 354 valence electrons. The number of aliphatic hydroxyl groups is 4. The highest BCUT2D eigenvalue weighted by Crippen LogP contribution is 2.23. The number of carbonyl (C=O) groups excluding carboxylic acids is 8. The molecule has 23 nitrogen and oxygen atoms in total. The quantitative estimate of drug-likeness (QED) is 0.0386. The number of carbonyl (C=O) groups is 8. The van der Waals surface area contributed by atoms with E-state index in [1.807, 2.05) is 13.8 Å². The third-order valence-electron chi connectivity index (χ3n) is 9.88. The van der Waals surface area contributed by atoms with Crippen molar-refractivity contribution in [3.05, 3.63) is 35.9 Å². The molecule has 1 aromatic rings. The Labute approximate surface area is 365 Å². The Hall–Kier alpha value is -5.30. The van der Waals surface area contributed by atoms with Crippen LogP contribution in [0.3, 0.4) is 0 Å². The normalized spacial score (nSPS) is 21.3. The van der Waals surface area contributed by atoms with Crippen molar-refractivity contribution in [2.45, 2.75) is 127 Å². The predicted molar refractivity (Wildman–Crippen MR) is 225 cm³/mol. The number of rotatable bonds is 26. The summed E-state index contributed by atoms with van der Waals surface area (Å²) in [4.78, 5) is 102. The van der Waals surface area contributed by atoms with E-state index in [0.717, 1.165) is 0 Å². The Morgan fingerprint density at radius 3 is 1.90 bits per heavy atom. The highest BCUT2D eigenvalue weighted by atomic mass is 16.6. The molecular weight excluding hydrogens is 828 g/mol. The molecule has 0 aliphatic carbocycles. The summed E-state index contributed by atoms with van der Waals surface area (Å²) in [7, 11) is 0. The maximum absolute atomic E-state index is 13.5. The van der Waals surface area contributed by atoms with Gasteiger partial charge < -0.3 is 79.2 Å². The van der Waals surface area contributed by atoms with Gasteiger partial charge in [0.2, 0.25) is 53.0 Å². The minimum atomic E-state index is -2.18. The molecule has 1 aromatic carbocycles. The fourth-order valence-corrected chi connectivity index (χ4v) is 6.13. The summed E-state index contributed by atoms with van der Waals surface area (Å²) in [5, 5.41) is 60.5. The molecule has 2 rings (SSSR count). The molecule has 0 aromatic heterocycles. The van der Waals surface area contributed by atoms with E-state index >= 15 is 0 Å². The molecule has 1 heterocycles. The second kappa shape index (κ2) is 26.4. The van der Waals surface area contributed by atoms with Gasteiger partial charge in [-0.25, -0.2) is 0 Å². The zero-order valence-electron chi connectivity index (χ0n) is 36.3. The fraction of sp³-hybridized carbons (Fsp3) is 0.650. The minimum Gasteiger partial charge on any atom is -0.388 e. The topological polar surface area (TPSA) is 375 Å². The highest BCUT2D eigenvalue weighted by Gasteiger charge is 2.48. The maximum atomic E-state index is 13.5. The number of benzene rings is 1. The molecule has 23 heteroatoms. The Balaban J connectivity index is 2.07. The Kier molecular flexibility index (Phi) is 22.5. The van der Waals surface area contributed by atoms with E-state index in [4.69, 9.17) is 16.2 Å². The number of hydrogen-bond acceptors (Lipinski definition) is 15. The molecule has 1 aliphatic rings. The molecule has 10 atom stereocenters. The molecule has 1 fully saturated rings. The van der Waals surface area contributed by atoms with E-state index in [9.17, 15) is 58.8 Å². The Morgan fingerprint density at radius 2 is 1.30 bits per heavy atom. The Bertz CT molecular complexity index is 1700. The smallest absolute Gasteiger partial charge is 0.243 e. The summed E-state index contributed by atoms with van der Waals surface area (Å²) < 4.78 is 5.12. The van der Waals surface area contributed by atoms with Crippen LogP contribution in [-0.2, 0) is 49.5 Å². The first-order chi connectivity index (χ1) is 29.5. The number of ether oxygens (including phenoxy) is 1. The van der Waals surface area contributed by atoms with Gasteiger partial charge in [-0.1, -0.05) is 44.2 Å². The third-order valence-corrected chi connectivity index (χ3v) is 9.88. The van der Waals surface area contributed by atoms with Crippen molar-refractivity contribution in [2.75, 3.05) is 32.8 Å². The minimum absolute atomic E-state index is 0.0116. The van der Waals surface area contributed by atoms with Crippen LogP contribution in [0.1, 0.15) is 65.9 Å². The molecule has 16 N–H and O–H groups in total. The molecule has 63 heavy (non-hydrogen) atoms. The van der Waals surface area contributed by atoms with E-state index in [1.165, 1.54) is 20.8 Å².